The lowest BCUT2D eigenvalue weighted by atomic mass is 10.2. The summed E-state index contributed by atoms with van der Waals surface area (Å²) in [5.74, 6) is 2.35. The summed E-state index contributed by atoms with van der Waals surface area (Å²) in [6, 6.07) is 5.88. The molecule has 1 aliphatic heterocycles. The molecule has 2 aromatic rings. The van der Waals surface area contributed by atoms with Gasteiger partial charge < -0.3 is 14.5 Å². The monoisotopic (exact) mass is 334 g/mol. The first-order chi connectivity index (χ1) is 11.2. The molecule has 3 rings (SSSR count). The van der Waals surface area contributed by atoms with Gasteiger partial charge in [-0.1, -0.05) is 0 Å². The number of rotatable bonds is 6. The van der Waals surface area contributed by atoms with Crippen LogP contribution in [-0.4, -0.2) is 37.6 Å². The van der Waals surface area contributed by atoms with Crippen LogP contribution in [0.15, 0.2) is 28.0 Å². The molecule has 23 heavy (non-hydrogen) atoms. The van der Waals surface area contributed by atoms with Gasteiger partial charge in [0.1, 0.15) is 22.1 Å². The summed E-state index contributed by atoms with van der Waals surface area (Å²) in [6.07, 6.45) is 2.39. The second-order valence-corrected chi connectivity index (χ2v) is 6.65. The molecule has 3 heterocycles. The molecular formula is C17H22N2O3S. The van der Waals surface area contributed by atoms with E-state index in [1.807, 2.05) is 30.5 Å². The Kier molecular flexibility index (Phi) is 5.03. The number of likely N-dealkylation sites (tertiary alicyclic amines) is 1. The quantitative estimate of drug-likeness (QED) is 0.881. The minimum atomic E-state index is -0.0932. The van der Waals surface area contributed by atoms with Crippen LogP contribution in [0, 0.1) is 6.92 Å². The predicted molar refractivity (Wildman–Crippen MR) is 90.2 cm³/mol. The minimum absolute atomic E-state index is 0.0844. The number of hydrogen-bond acceptors (Lipinski definition) is 5. The van der Waals surface area contributed by atoms with Crippen molar-refractivity contribution in [1.82, 2.24) is 10.2 Å². The number of thiophene rings is 1. The molecule has 1 N–H and O–H groups in total. The van der Waals surface area contributed by atoms with Gasteiger partial charge in [-0.15, -0.1) is 11.3 Å². The van der Waals surface area contributed by atoms with Crippen LogP contribution in [-0.2, 0) is 0 Å². The molecule has 0 spiro atoms. The Hall–Kier alpha value is -1.79. The molecule has 0 aromatic carbocycles. The largest absolute Gasteiger partial charge is 0.495 e. The molecular weight excluding hydrogens is 312 g/mol. The van der Waals surface area contributed by atoms with E-state index in [2.05, 4.69) is 10.2 Å². The molecule has 0 saturated carbocycles. The molecule has 0 aliphatic carbocycles. The van der Waals surface area contributed by atoms with Crippen LogP contribution in [0.3, 0.4) is 0 Å². The topological polar surface area (TPSA) is 54.7 Å². The molecule has 6 heteroatoms. The molecule has 0 radical (unpaired) electrons. The van der Waals surface area contributed by atoms with Crippen LogP contribution >= 0.6 is 11.3 Å². The molecule has 0 bridgehead atoms. The van der Waals surface area contributed by atoms with E-state index in [0.717, 1.165) is 24.6 Å². The Morgan fingerprint density at radius 2 is 2.17 bits per heavy atom. The van der Waals surface area contributed by atoms with E-state index in [-0.39, 0.29) is 11.9 Å². The molecule has 1 aliphatic rings. The van der Waals surface area contributed by atoms with E-state index in [1.54, 1.807) is 7.11 Å². The average molecular weight is 334 g/mol. The Morgan fingerprint density at radius 3 is 2.83 bits per heavy atom. The van der Waals surface area contributed by atoms with E-state index in [9.17, 15) is 4.79 Å². The molecule has 1 saturated heterocycles. The molecule has 1 fully saturated rings. The Balaban J connectivity index is 1.70. The van der Waals surface area contributed by atoms with Gasteiger partial charge in [0.2, 0.25) is 0 Å². The number of carbonyl (C=O) groups is 1. The molecule has 1 atom stereocenters. The van der Waals surface area contributed by atoms with Gasteiger partial charge in [-0.05, 0) is 56.4 Å². The lowest BCUT2D eigenvalue weighted by Crippen LogP contribution is -2.36. The molecule has 0 unspecified atom stereocenters. The summed E-state index contributed by atoms with van der Waals surface area (Å²) in [4.78, 5) is 15.4. The second kappa shape index (κ2) is 7.19. The summed E-state index contributed by atoms with van der Waals surface area (Å²) in [7, 11) is 1.58. The maximum Gasteiger partial charge on any atom is 0.265 e. The number of furan rings is 1. The molecule has 124 valence electrons. The van der Waals surface area contributed by atoms with Gasteiger partial charge in [0.05, 0.1) is 13.2 Å². The summed E-state index contributed by atoms with van der Waals surface area (Å²) in [6.45, 7) is 4.57. The zero-order valence-electron chi connectivity index (χ0n) is 13.5. The lowest BCUT2D eigenvalue weighted by Gasteiger charge is -2.26. The van der Waals surface area contributed by atoms with Crippen LogP contribution in [0.1, 0.15) is 40.1 Å². The summed E-state index contributed by atoms with van der Waals surface area (Å²) < 4.78 is 11.0. The van der Waals surface area contributed by atoms with E-state index in [0.29, 0.717) is 17.2 Å². The number of methoxy groups -OCH3 is 1. The second-order valence-electron chi connectivity index (χ2n) is 5.74. The number of aryl methyl sites for hydroxylation is 1. The third-order valence-corrected chi connectivity index (χ3v) is 5.08. The van der Waals surface area contributed by atoms with E-state index in [1.165, 1.54) is 24.2 Å². The van der Waals surface area contributed by atoms with Crippen molar-refractivity contribution in [3.63, 3.8) is 0 Å². The zero-order valence-corrected chi connectivity index (χ0v) is 14.3. The number of ether oxygens (including phenoxy) is 1. The summed E-state index contributed by atoms with van der Waals surface area (Å²) in [5, 5.41) is 4.90. The van der Waals surface area contributed by atoms with E-state index < -0.39 is 0 Å². The normalized spacial score (nSPS) is 16.4. The van der Waals surface area contributed by atoms with Gasteiger partial charge >= 0.3 is 0 Å². The molecule has 2 aromatic heterocycles. The number of hydrogen-bond donors (Lipinski definition) is 1. The Morgan fingerprint density at radius 1 is 1.39 bits per heavy atom. The third kappa shape index (κ3) is 3.59. The van der Waals surface area contributed by atoms with Crippen molar-refractivity contribution in [2.24, 2.45) is 0 Å². The summed E-state index contributed by atoms with van der Waals surface area (Å²) in [5.41, 5.74) is 0. The zero-order chi connectivity index (χ0) is 16.2. The van der Waals surface area contributed by atoms with Crippen LogP contribution in [0.25, 0.3) is 0 Å². The van der Waals surface area contributed by atoms with Crippen molar-refractivity contribution in [2.75, 3.05) is 26.7 Å². The highest BCUT2D eigenvalue weighted by Crippen LogP contribution is 2.27. The van der Waals surface area contributed by atoms with Crippen molar-refractivity contribution in [2.45, 2.75) is 25.8 Å². The average Bonchev–Trinajstić information content (AvgIpc) is 3.28. The number of carbonyl (C=O) groups excluding carboxylic acids is 1. The van der Waals surface area contributed by atoms with Gasteiger partial charge in [-0.2, -0.15) is 0 Å². The van der Waals surface area contributed by atoms with Gasteiger partial charge in [-0.3, -0.25) is 9.69 Å². The number of nitrogens with zero attached hydrogens (tertiary/aromatic N) is 1. The first-order valence-corrected chi connectivity index (χ1v) is 8.77. The highest BCUT2D eigenvalue weighted by atomic mass is 32.1. The van der Waals surface area contributed by atoms with Crippen LogP contribution in [0.4, 0.5) is 0 Å². The number of nitrogens with one attached hydrogen (secondary N) is 1. The number of amides is 1. The highest BCUT2D eigenvalue weighted by Gasteiger charge is 2.27. The first-order valence-electron chi connectivity index (χ1n) is 7.89. The lowest BCUT2D eigenvalue weighted by molar-refractivity contribution is 0.0935. The van der Waals surface area contributed by atoms with Crippen molar-refractivity contribution in [3.8, 4) is 5.75 Å². The van der Waals surface area contributed by atoms with Gasteiger partial charge in [0.25, 0.3) is 5.91 Å². The van der Waals surface area contributed by atoms with Crippen molar-refractivity contribution < 1.29 is 13.9 Å². The Labute approximate surface area is 140 Å². The minimum Gasteiger partial charge on any atom is -0.495 e. The van der Waals surface area contributed by atoms with Crippen molar-refractivity contribution in [3.05, 3.63) is 40.0 Å². The molecule has 1 amide bonds. The predicted octanol–water partition coefficient (Wildman–Crippen LogP) is 3.23. The SMILES string of the molecule is COc1ccsc1C(=O)NC[C@H](c1ccc(C)o1)N1CCCC1. The smallest absolute Gasteiger partial charge is 0.265 e. The van der Waals surface area contributed by atoms with Gasteiger partial charge in [-0.25, -0.2) is 0 Å². The van der Waals surface area contributed by atoms with Gasteiger partial charge in [0.15, 0.2) is 0 Å². The van der Waals surface area contributed by atoms with E-state index >= 15 is 0 Å². The van der Waals surface area contributed by atoms with Crippen LogP contribution < -0.4 is 10.1 Å². The fraction of sp³-hybridized carbons (Fsp3) is 0.471. The van der Waals surface area contributed by atoms with Crippen LogP contribution in [0.2, 0.25) is 0 Å². The van der Waals surface area contributed by atoms with Crippen molar-refractivity contribution in [1.29, 1.82) is 0 Å². The maximum absolute atomic E-state index is 12.4. The Bertz CT molecular complexity index is 658. The fourth-order valence-corrected chi connectivity index (χ4v) is 3.76. The van der Waals surface area contributed by atoms with Crippen LogP contribution in [0.5, 0.6) is 5.75 Å². The maximum atomic E-state index is 12.4. The van der Waals surface area contributed by atoms with Crippen molar-refractivity contribution >= 4 is 17.2 Å². The highest BCUT2D eigenvalue weighted by molar-refractivity contribution is 7.12. The first kappa shape index (κ1) is 16.1. The summed E-state index contributed by atoms with van der Waals surface area (Å²) >= 11 is 1.39. The standard InChI is InChI=1S/C17H22N2O3S/c1-12-5-6-14(22-12)13(19-8-3-4-9-19)11-18-17(20)16-15(21-2)7-10-23-16/h5-7,10,13H,3-4,8-9,11H2,1-2H3,(H,18,20)/t13-/m1/s1. The third-order valence-electron chi connectivity index (χ3n) is 4.18. The van der Waals surface area contributed by atoms with E-state index in [4.69, 9.17) is 9.15 Å². The molecule has 5 nitrogen and oxygen atoms in total. The van der Waals surface area contributed by atoms with Gasteiger partial charge in [0, 0.05) is 6.54 Å². The fourth-order valence-electron chi connectivity index (χ4n) is 2.99.